The van der Waals surface area contributed by atoms with E-state index in [2.05, 4.69) is 9.80 Å². The van der Waals surface area contributed by atoms with Gasteiger partial charge in [0.2, 0.25) is 0 Å². The smallest absolute Gasteiger partial charge is 0.152 e. The third-order valence-electron chi connectivity index (χ3n) is 5.65. The van der Waals surface area contributed by atoms with Crippen LogP contribution in [-0.2, 0) is 9.84 Å². The Balaban J connectivity index is 1.41. The van der Waals surface area contributed by atoms with Crippen LogP contribution >= 0.6 is 0 Å². The first kappa shape index (κ1) is 19.6. The van der Waals surface area contributed by atoms with Crippen molar-refractivity contribution in [3.8, 4) is 5.75 Å². The van der Waals surface area contributed by atoms with E-state index in [4.69, 9.17) is 4.74 Å². The highest BCUT2D eigenvalue weighted by Gasteiger charge is 2.29. The molecule has 7 heteroatoms. The Labute approximate surface area is 156 Å². The van der Waals surface area contributed by atoms with Gasteiger partial charge in [-0.1, -0.05) is 12.1 Å². The maximum absolute atomic E-state index is 11.6. The van der Waals surface area contributed by atoms with Crippen LogP contribution in [-0.4, -0.2) is 80.7 Å². The molecule has 0 amide bonds. The first-order valence-corrected chi connectivity index (χ1v) is 11.3. The molecule has 2 heterocycles. The summed E-state index contributed by atoms with van der Waals surface area (Å²) in [6.45, 7) is 4.26. The second-order valence-corrected chi connectivity index (χ2v) is 9.65. The Morgan fingerprint density at radius 3 is 2.54 bits per heavy atom. The van der Waals surface area contributed by atoms with E-state index in [9.17, 15) is 13.5 Å². The lowest BCUT2D eigenvalue weighted by Crippen LogP contribution is -2.50. The fourth-order valence-electron chi connectivity index (χ4n) is 3.92. The van der Waals surface area contributed by atoms with Gasteiger partial charge in [0.15, 0.2) is 9.84 Å². The van der Waals surface area contributed by atoms with Crippen LogP contribution in [0.3, 0.4) is 0 Å². The van der Waals surface area contributed by atoms with Crippen molar-refractivity contribution in [3.05, 3.63) is 29.8 Å². The standard InChI is InChI=1S/C19H30N2O4S/c1-25-18-4-2-3-16(15-18)19(22)7-10-20-8-5-17(6-9-20)21-11-13-26(23,24)14-12-21/h2-4,15,17,19,22H,5-14H2,1H3. The van der Waals surface area contributed by atoms with Gasteiger partial charge in [-0.2, -0.15) is 0 Å². The maximum Gasteiger partial charge on any atom is 0.152 e. The summed E-state index contributed by atoms with van der Waals surface area (Å²) >= 11 is 0. The zero-order valence-corrected chi connectivity index (χ0v) is 16.3. The molecular weight excluding hydrogens is 352 g/mol. The molecule has 1 aromatic rings. The van der Waals surface area contributed by atoms with Crippen molar-refractivity contribution in [2.45, 2.75) is 31.4 Å². The zero-order valence-electron chi connectivity index (χ0n) is 15.5. The lowest BCUT2D eigenvalue weighted by Gasteiger charge is -2.40. The van der Waals surface area contributed by atoms with E-state index in [0.29, 0.717) is 37.1 Å². The lowest BCUT2D eigenvalue weighted by molar-refractivity contribution is 0.0952. The monoisotopic (exact) mass is 382 g/mol. The summed E-state index contributed by atoms with van der Waals surface area (Å²) in [7, 11) is -1.17. The SMILES string of the molecule is COc1cccc(C(O)CCN2CCC(N3CCS(=O)(=O)CC3)CC2)c1. The van der Waals surface area contributed by atoms with E-state index in [0.717, 1.165) is 43.8 Å². The van der Waals surface area contributed by atoms with Crippen LogP contribution in [0.5, 0.6) is 5.75 Å². The van der Waals surface area contributed by atoms with Gasteiger partial charge in [0.05, 0.1) is 24.7 Å². The predicted molar refractivity (Wildman–Crippen MR) is 102 cm³/mol. The minimum atomic E-state index is -2.80. The van der Waals surface area contributed by atoms with E-state index < -0.39 is 15.9 Å². The molecule has 3 rings (SSSR count). The number of hydrogen-bond acceptors (Lipinski definition) is 6. The number of sulfone groups is 1. The quantitative estimate of drug-likeness (QED) is 0.800. The molecule has 2 aliphatic heterocycles. The maximum atomic E-state index is 11.6. The lowest BCUT2D eigenvalue weighted by atomic mass is 10.0. The summed E-state index contributed by atoms with van der Waals surface area (Å²) in [5.74, 6) is 1.38. The molecule has 2 aliphatic rings. The highest BCUT2D eigenvalue weighted by atomic mass is 32.2. The number of rotatable bonds is 6. The number of likely N-dealkylation sites (tertiary alicyclic amines) is 1. The van der Waals surface area contributed by atoms with Gasteiger partial charge < -0.3 is 14.7 Å². The fourth-order valence-corrected chi connectivity index (χ4v) is 5.15. The highest BCUT2D eigenvalue weighted by molar-refractivity contribution is 7.91. The third-order valence-corrected chi connectivity index (χ3v) is 7.26. The zero-order chi connectivity index (χ0) is 18.6. The molecule has 0 saturated carbocycles. The van der Waals surface area contributed by atoms with E-state index >= 15 is 0 Å². The molecule has 0 aromatic heterocycles. The van der Waals surface area contributed by atoms with Crippen LogP contribution in [0.2, 0.25) is 0 Å². The Morgan fingerprint density at radius 2 is 1.88 bits per heavy atom. The number of methoxy groups -OCH3 is 1. The van der Waals surface area contributed by atoms with Crippen molar-refractivity contribution >= 4 is 9.84 Å². The van der Waals surface area contributed by atoms with E-state index in [1.165, 1.54) is 0 Å². The summed E-state index contributed by atoms with van der Waals surface area (Å²) in [6.07, 6.45) is 2.39. The molecular formula is C19H30N2O4S. The topological polar surface area (TPSA) is 70.1 Å². The van der Waals surface area contributed by atoms with Crippen molar-refractivity contribution in [1.29, 1.82) is 0 Å². The summed E-state index contributed by atoms with van der Waals surface area (Å²) in [5, 5.41) is 10.4. The second-order valence-electron chi connectivity index (χ2n) is 7.34. The van der Waals surface area contributed by atoms with Crippen LogP contribution in [0.15, 0.2) is 24.3 Å². The first-order chi connectivity index (χ1) is 12.5. The molecule has 26 heavy (non-hydrogen) atoms. The van der Waals surface area contributed by atoms with E-state index in [-0.39, 0.29) is 0 Å². The molecule has 6 nitrogen and oxygen atoms in total. The molecule has 0 spiro atoms. The van der Waals surface area contributed by atoms with Crippen LogP contribution < -0.4 is 4.74 Å². The highest BCUT2D eigenvalue weighted by Crippen LogP contribution is 2.23. The Kier molecular flexibility index (Phi) is 6.55. The first-order valence-electron chi connectivity index (χ1n) is 9.46. The average molecular weight is 383 g/mol. The number of aliphatic hydroxyl groups excluding tert-OH is 1. The summed E-state index contributed by atoms with van der Waals surface area (Å²) in [4.78, 5) is 4.75. The minimum absolute atomic E-state index is 0.306. The average Bonchev–Trinajstić information content (AvgIpc) is 2.66. The van der Waals surface area contributed by atoms with Gasteiger partial charge in [0.25, 0.3) is 0 Å². The fraction of sp³-hybridized carbons (Fsp3) is 0.684. The van der Waals surface area contributed by atoms with Crippen LogP contribution in [0.1, 0.15) is 30.9 Å². The molecule has 2 saturated heterocycles. The number of piperidine rings is 1. The summed E-state index contributed by atoms with van der Waals surface area (Å²) in [6, 6.07) is 8.12. The van der Waals surface area contributed by atoms with Gasteiger partial charge in [0.1, 0.15) is 5.75 Å². The molecule has 0 bridgehead atoms. The van der Waals surface area contributed by atoms with E-state index in [1.807, 2.05) is 24.3 Å². The van der Waals surface area contributed by atoms with Gasteiger partial charge in [-0.3, -0.25) is 4.90 Å². The Morgan fingerprint density at radius 1 is 1.19 bits per heavy atom. The van der Waals surface area contributed by atoms with Gasteiger partial charge in [-0.25, -0.2) is 8.42 Å². The van der Waals surface area contributed by atoms with Crippen molar-refractivity contribution in [1.82, 2.24) is 9.80 Å². The van der Waals surface area contributed by atoms with Crippen molar-refractivity contribution in [2.24, 2.45) is 0 Å². The van der Waals surface area contributed by atoms with E-state index in [1.54, 1.807) is 7.11 Å². The van der Waals surface area contributed by atoms with Crippen molar-refractivity contribution in [2.75, 3.05) is 51.3 Å². The minimum Gasteiger partial charge on any atom is -0.497 e. The Hall–Kier alpha value is -1.15. The number of hydrogen-bond donors (Lipinski definition) is 1. The molecule has 1 atom stereocenters. The molecule has 0 radical (unpaired) electrons. The number of nitrogens with zero attached hydrogens (tertiary/aromatic N) is 2. The van der Waals surface area contributed by atoms with Gasteiger partial charge in [-0.05, 0) is 50.0 Å². The summed E-state index contributed by atoms with van der Waals surface area (Å²) < 4.78 is 28.4. The van der Waals surface area contributed by atoms with Crippen LogP contribution in [0.4, 0.5) is 0 Å². The number of aliphatic hydroxyl groups is 1. The number of ether oxygens (including phenoxy) is 1. The van der Waals surface area contributed by atoms with Crippen LogP contribution in [0.25, 0.3) is 0 Å². The predicted octanol–water partition coefficient (Wildman–Crippen LogP) is 1.31. The molecule has 1 N–H and O–H groups in total. The van der Waals surface area contributed by atoms with Gasteiger partial charge >= 0.3 is 0 Å². The van der Waals surface area contributed by atoms with Crippen molar-refractivity contribution < 1.29 is 18.3 Å². The molecule has 2 fully saturated rings. The summed E-state index contributed by atoms with van der Waals surface area (Å²) in [5.41, 5.74) is 0.897. The van der Waals surface area contributed by atoms with Crippen molar-refractivity contribution in [3.63, 3.8) is 0 Å². The molecule has 0 aliphatic carbocycles. The largest absolute Gasteiger partial charge is 0.497 e. The second kappa shape index (κ2) is 8.69. The van der Waals surface area contributed by atoms with Gasteiger partial charge in [-0.15, -0.1) is 0 Å². The Bertz CT molecular complexity index is 673. The molecule has 1 unspecified atom stereocenters. The molecule has 146 valence electrons. The number of benzene rings is 1. The normalized spacial score (nSPS) is 23.6. The van der Waals surface area contributed by atoms with Crippen LogP contribution in [0, 0.1) is 0 Å². The molecule has 1 aromatic carbocycles. The third kappa shape index (κ3) is 5.19. The van der Waals surface area contributed by atoms with Gasteiger partial charge in [0, 0.05) is 25.7 Å².